The molecule has 0 aliphatic heterocycles. The number of unbranched alkanes of at least 4 members (excludes halogenated alkanes) is 1. The van der Waals surface area contributed by atoms with Gasteiger partial charge in [0.15, 0.2) is 0 Å². The molecule has 1 aromatic rings. The van der Waals surface area contributed by atoms with Crippen molar-refractivity contribution < 1.29 is 33.8 Å². The topological polar surface area (TPSA) is 155 Å². The highest BCUT2D eigenvalue weighted by atomic mass is 16.6. The van der Waals surface area contributed by atoms with E-state index in [1.807, 2.05) is 0 Å². The predicted octanol–water partition coefficient (Wildman–Crippen LogP) is 3.45. The lowest BCUT2D eigenvalue weighted by atomic mass is 10.1. The Kier molecular flexibility index (Phi) is 11.2. The van der Waals surface area contributed by atoms with Gasteiger partial charge in [0.1, 0.15) is 17.2 Å². The molecule has 0 saturated heterocycles. The Morgan fingerprint density at radius 1 is 0.886 bits per heavy atom. The van der Waals surface area contributed by atoms with E-state index >= 15 is 0 Å². The van der Waals surface area contributed by atoms with E-state index in [9.17, 15) is 24.3 Å². The second-order valence-corrected chi connectivity index (χ2v) is 9.71. The lowest BCUT2D eigenvalue weighted by Crippen LogP contribution is -2.47. The van der Waals surface area contributed by atoms with Crippen molar-refractivity contribution in [3.63, 3.8) is 0 Å². The van der Waals surface area contributed by atoms with Gasteiger partial charge in [-0.2, -0.15) is 0 Å². The molecule has 4 N–H and O–H groups in total. The van der Waals surface area contributed by atoms with E-state index in [4.69, 9.17) is 9.47 Å². The fourth-order valence-electron chi connectivity index (χ4n) is 2.65. The summed E-state index contributed by atoms with van der Waals surface area (Å²) in [5.41, 5.74) is -1.14. The molecule has 0 aromatic heterocycles. The van der Waals surface area contributed by atoms with Gasteiger partial charge in [-0.05, 0) is 72.9 Å². The minimum absolute atomic E-state index is 0.152. The van der Waals surface area contributed by atoms with Crippen LogP contribution in [-0.2, 0) is 14.3 Å². The van der Waals surface area contributed by atoms with Crippen LogP contribution in [0.1, 0.15) is 71.2 Å². The number of nitrogens with one attached hydrogen (secondary N) is 3. The van der Waals surface area contributed by atoms with E-state index in [-0.39, 0.29) is 18.9 Å². The number of carbonyl (C=O) groups is 4. The molecule has 1 rings (SSSR count). The maximum absolute atomic E-state index is 12.2. The predicted molar refractivity (Wildman–Crippen MR) is 130 cm³/mol. The maximum Gasteiger partial charge on any atom is 0.414 e. The number of ether oxygens (including phenoxy) is 2. The third-order valence-electron chi connectivity index (χ3n) is 4.05. The van der Waals surface area contributed by atoms with Crippen molar-refractivity contribution in [2.45, 2.75) is 78.0 Å². The van der Waals surface area contributed by atoms with E-state index in [2.05, 4.69) is 20.9 Å². The van der Waals surface area contributed by atoms with Gasteiger partial charge in [-0.15, -0.1) is 0 Å². The Morgan fingerprint density at radius 2 is 1.40 bits per heavy atom. The molecule has 1 atom stereocenters. The number of hydrogen-bond acceptors (Lipinski definition) is 7. The highest BCUT2D eigenvalue weighted by molar-refractivity contribution is 6.01. The first-order chi connectivity index (χ1) is 16.2. The number of benzene rings is 1. The van der Waals surface area contributed by atoms with Gasteiger partial charge in [-0.3, -0.25) is 20.4 Å². The molecule has 0 bridgehead atoms. The summed E-state index contributed by atoms with van der Waals surface area (Å²) in [4.78, 5) is 52.2. The van der Waals surface area contributed by atoms with Crippen molar-refractivity contribution in [1.82, 2.24) is 16.0 Å². The summed E-state index contributed by atoms with van der Waals surface area (Å²) in [6, 6.07) is 7.27. The van der Waals surface area contributed by atoms with Gasteiger partial charge in [0, 0.05) is 12.1 Å². The van der Waals surface area contributed by atoms with Crippen LogP contribution in [0.15, 0.2) is 35.3 Å². The SMILES string of the molecule is CC(C)(C)OC(=O)NC(=NCCCC[C@H](NC(=O)c1ccccc1)C(=O)O)NC(=O)OC(C)(C)C. The fourth-order valence-corrected chi connectivity index (χ4v) is 2.65. The molecule has 0 spiro atoms. The summed E-state index contributed by atoms with van der Waals surface area (Å²) in [6.07, 6.45) is -0.580. The summed E-state index contributed by atoms with van der Waals surface area (Å²) in [5.74, 6) is -1.77. The van der Waals surface area contributed by atoms with E-state index in [0.717, 1.165) is 0 Å². The van der Waals surface area contributed by atoms with Crippen LogP contribution < -0.4 is 16.0 Å². The standard InChI is InChI=1S/C24H36N4O7/c1-23(2,3)34-21(32)27-20(28-22(33)35-24(4,5)6)25-15-11-10-14-17(19(30)31)26-18(29)16-12-8-7-9-13-16/h7-9,12-13,17H,10-11,14-15H2,1-6H3,(H,26,29)(H,30,31)(H2,25,27,28,32,33)/t17-/m0/s1. The first-order valence-corrected chi connectivity index (χ1v) is 11.3. The Balaban J connectivity index is 2.68. The minimum atomic E-state index is -1.14. The van der Waals surface area contributed by atoms with Crippen LogP contribution in [0, 0.1) is 0 Å². The van der Waals surface area contributed by atoms with Gasteiger partial charge in [0.05, 0.1) is 0 Å². The highest BCUT2D eigenvalue weighted by Gasteiger charge is 2.22. The number of rotatable bonds is 8. The average Bonchev–Trinajstić information content (AvgIpc) is 2.70. The van der Waals surface area contributed by atoms with Crippen molar-refractivity contribution in [1.29, 1.82) is 0 Å². The maximum atomic E-state index is 12.2. The summed E-state index contributed by atoms with van der Waals surface area (Å²) in [6.45, 7) is 10.3. The molecule has 11 heteroatoms. The van der Waals surface area contributed by atoms with Gasteiger partial charge in [0.25, 0.3) is 5.91 Å². The largest absolute Gasteiger partial charge is 0.480 e. The van der Waals surface area contributed by atoms with Crippen molar-refractivity contribution >= 4 is 30.0 Å². The molecule has 0 saturated carbocycles. The highest BCUT2D eigenvalue weighted by Crippen LogP contribution is 2.08. The van der Waals surface area contributed by atoms with Gasteiger partial charge in [-0.1, -0.05) is 18.2 Å². The van der Waals surface area contributed by atoms with E-state index < -0.39 is 41.3 Å². The van der Waals surface area contributed by atoms with Gasteiger partial charge in [-0.25, -0.2) is 14.4 Å². The van der Waals surface area contributed by atoms with Crippen LogP contribution in [0.3, 0.4) is 0 Å². The van der Waals surface area contributed by atoms with Crippen LogP contribution in [0.4, 0.5) is 9.59 Å². The number of hydrogen-bond donors (Lipinski definition) is 4. The van der Waals surface area contributed by atoms with Crippen LogP contribution in [0.5, 0.6) is 0 Å². The summed E-state index contributed by atoms with van der Waals surface area (Å²) in [7, 11) is 0. The zero-order valence-electron chi connectivity index (χ0n) is 21.1. The molecular formula is C24H36N4O7. The number of carboxylic acids is 1. The fraction of sp³-hybridized carbons (Fsp3) is 0.542. The van der Waals surface area contributed by atoms with E-state index in [1.165, 1.54) is 0 Å². The number of guanidine groups is 1. The van der Waals surface area contributed by atoms with Crippen LogP contribution >= 0.6 is 0 Å². The molecule has 35 heavy (non-hydrogen) atoms. The zero-order valence-corrected chi connectivity index (χ0v) is 21.1. The number of carboxylic acid groups (broad SMARTS) is 1. The number of alkyl carbamates (subject to hydrolysis) is 2. The Labute approximate surface area is 205 Å². The van der Waals surface area contributed by atoms with Crippen LogP contribution in [-0.4, -0.2) is 58.9 Å². The third-order valence-corrected chi connectivity index (χ3v) is 4.05. The molecule has 0 unspecified atom stereocenters. The molecule has 0 radical (unpaired) electrons. The van der Waals surface area contributed by atoms with Gasteiger partial charge in [0.2, 0.25) is 5.96 Å². The van der Waals surface area contributed by atoms with E-state index in [0.29, 0.717) is 18.4 Å². The molecule has 11 nitrogen and oxygen atoms in total. The normalized spacial score (nSPS) is 12.1. The molecule has 194 valence electrons. The molecule has 0 aliphatic rings. The zero-order chi connectivity index (χ0) is 26.6. The summed E-state index contributed by atoms with van der Waals surface area (Å²) < 4.78 is 10.4. The van der Waals surface area contributed by atoms with Crippen molar-refractivity contribution in [3.05, 3.63) is 35.9 Å². The monoisotopic (exact) mass is 492 g/mol. The van der Waals surface area contributed by atoms with Crippen LogP contribution in [0.25, 0.3) is 0 Å². The minimum Gasteiger partial charge on any atom is -0.480 e. The van der Waals surface area contributed by atoms with Crippen LogP contribution in [0.2, 0.25) is 0 Å². The second-order valence-electron chi connectivity index (χ2n) is 9.71. The number of nitrogens with zero attached hydrogens (tertiary/aromatic N) is 1. The first-order valence-electron chi connectivity index (χ1n) is 11.3. The van der Waals surface area contributed by atoms with Gasteiger partial charge < -0.3 is 19.9 Å². The molecule has 0 aliphatic carbocycles. The average molecular weight is 493 g/mol. The van der Waals surface area contributed by atoms with Gasteiger partial charge >= 0.3 is 18.2 Å². The lowest BCUT2D eigenvalue weighted by Gasteiger charge is -2.22. The molecule has 0 heterocycles. The number of carbonyl (C=O) groups excluding carboxylic acids is 3. The quantitative estimate of drug-likeness (QED) is 0.246. The second kappa shape index (κ2) is 13.3. The smallest absolute Gasteiger partial charge is 0.414 e. The molecule has 3 amide bonds. The van der Waals surface area contributed by atoms with E-state index in [1.54, 1.807) is 71.9 Å². The molecule has 1 aromatic carbocycles. The number of amides is 3. The number of aliphatic imine (C=N–C) groups is 1. The third kappa shape index (κ3) is 13.6. The van der Waals surface area contributed by atoms with Crippen molar-refractivity contribution in [3.8, 4) is 0 Å². The lowest BCUT2D eigenvalue weighted by molar-refractivity contribution is -0.139. The molecular weight excluding hydrogens is 456 g/mol. The Morgan fingerprint density at radius 3 is 1.86 bits per heavy atom. The van der Waals surface area contributed by atoms with Crippen molar-refractivity contribution in [2.75, 3.05) is 6.54 Å². The van der Waals surface area contributed by atoms with Crippen molar-refractivity contribution in [2.24, 2.45) is 4.99 Å². The first kappa shape index (κ1) is 29.4. The Hall–Kier alpha value is -3.63. The summed E-state index contributed by atoms with van der Waals surface area (Å²) >= 11 is 0. The Bertz CT molecular complexity index is 871. The summed E-state index contributed by atoms with van der Waals surface area (Å²) in [5, 5.41) is 16.7. The number of aliphatic carboxylic acids is 1. The molecule has 0 fully saturated rings.